The topological polar surface area (TPSA) is 55.8 Å². The first-order chi connectivity index (χ1) is 10.2. The fourth-order valence-corrected chi connectivity index (χ4v) is 1.76. The molecular formula is C16H15FO4. The molecule has 0 heterocycles. The number of benzene rings is 2. The molecule has 5 heteroatoms. The van der Waals surface area contributed by atoms with Crippen LogP contribution in [0, 0.1) is 5.82 Å². The van der Waals surface area contributed by atoms with Crippen LogP contribution in [0.1, 0.15) is 16.8 Å². The van der Waals surface area contributed by atoms with E-state index in [2.05, 4.69) is 0 Å². The van der Waals surface area contributed by atoms with E-state index in [0.29, 0.717) is 13.0 Å². The molecule has 0 spiro atoms. The van der Waals surface area contributed by atoms with Gasteiger partial charge >= 0.3 is 5.97 Å². The molecule has 0 aliphatic rings. The molecule has 4 nitrogen and oxygen atoms in total. The number of carboxylic acids is 1. The highest BCUT2D eigenvalue weighted by atomic mass is 19.1. The standard InChI is InChI=1S/C16H15FO4/c17-14-9-4-8-13(16(18)19)15(14)21-11-5-10-20-12-6-2-1-3-7-12/h1-4,6-9H,5,10-11H2,(H,18,19). The third-order valence-electron chi connectivity index (χ3n) is 2.74. The molecule has 0 aliphatic carbocycles. The maximum atomic E-state index is 13.6. The van der Waals surface area contributed by atoms with E-state index in [0.717, 1.165) is 5.75 Å². The molecule has 21 heavy (non-hydrogen) atoms. The molecule has 0 saturated heterocycles. The van der Waals surface area contributed by atoms with Crippen LogP contribution in [0.3, 0.4) is 0 Å². The highest BCUT2D eigenvalue weighted by Gasteiger charge is 2.15. The van der Waals surface area contributed by atoms with Crippen molar-refractivity contribution in [2.45, 2.75) is 6.42 Å². The van der Waals surface area contributed by atoms with Gasteiger partial charge in [0.2, 0.25) is 0 Å². The van der Waals surface area contributed by atoms with Crippen LogP contribution in [0.15, 0.2) is 48.5 Å². The van der Waals surface area contributed by atoms with Crippen LogP contribution in [0.4, 0.5) is 4.39 Å². The van der Waals surface area contributed by atoms with E-state index in [9.17, 15) is 9.18 Å². The van der Waals surface area contributed by atoms with E-state index < -0.39 is 11.8 Å². The van der Waals surface area contributed by atoms with Crippen molar-refractivity contribution >= 4 is 5.97 Å². The Morgan fingerprint density at radius 2 is 1.71 bits per heavy atom. The second-order valence-corrected chi connectivity index (χ2v) is 4.29. The minimum atomic E-state index is -1.22. The molecule has 0 aliphatic heterocycles. The van der Waals surface area contributed by atoms with Gasteiger partial charge in [-0.1, -0.05) is 24.3 Å². The Morgan fingerprint density at radius 1 is 1.00 bits per heavy atom. The van der Waals surface area contributed by atoms with E-state index in [1.165, 1.54) is 18.2 Å². The number of carboxylic acid groups (broad SMARTS) is 1. The van der Waals surface area contributed by atoms with Crippen LogP contribution in [-0.2, 0) is 0 Å². The van der Waals surface area contributed by atoms with Crippen LogP contribution in [0.2, 0.25) is 0 Å². The summed E-state index contributed by atoms with van der Waals surface area (Å²) in [6, 6.07) is 13.1. The van der Waals surface area contributed by atoms with Crippen LogP contribution in [0.25, 0.3) is 0 Å². The summed E-state index contributed by atoms with van der Waals surface area (Å²) in [7, 11) is 0. The first kappa shape index (κ1) is 14.8. The van der Waals surface area contributed by atoms with Gasteiger partial charge in [-0.25, -0.2) is 9.18 Å². The molecule has 0 atom stereocenters. The van der Waals surface area contributed by atoms with E-state index in [1.54, 1.807) is 0 Å². The monoisotopic (exact) mass is 290 g/mol. The van der Waals surface area contributed by atoms with Gasteiger partial charge < -0.3 is 14.6 Å². The molecule has 0 radical (unpaired) electrons. The van der Waals surface area contributed by atoms with Crippen LogP contribution in [-0.4, -0.2) is 24.3 Å². The van der Waals surface area contributed by atoms with Gasteiger partial charge in [-0.15, -0.1) is 0 Å². The molecular weight excluding hydrogens is 275 g/mol. The molecule has 0 fully saturated rings. The van der Waals surface area contributed by atoms with Crippen molar-refractivity contribution in [1.82, 2.24) is 0 Å². The van der Waals surface area contributed by atoms with Gasteiger partial charge in [0.05, 0.1) is 13.2 Å². The molecule has 0 saturated carbocycles. The number of hydrogen-bond acceptors (Lipinski definition) is 3. The average molecular weight is 290 g/mol. The molecule has 2 aromatic rings. The van der Waals surface area contributed by atoms with Gasteiger partial charge in [-0.05, 0) is 24.3 Å². The Balaban J connectivity index is 1.83. The molecule has 1 N–H and O–H groups in total. The lowest BCUT2D eigenvalue weighted by Gasteiger charge is -2.10. The summed E-state index contributed by atoms with van der Waals surface area (Å²) < 4.78 is 24.3. The smallest absolute Gasteiger partial charge is 0.339 e. The summed E-state index contributed by atoms with van der Waals surface area (Å²) in [6.07, 6.45) is 0.516. The second kappa shape index (κ2) is 7.28. The Bertz CT molecular complexity index is 598. The molecule has 2 aromatic carbocycles. The van der Waals surface area contributed by atoms with Crippen molar-refractivity contribution < 1.29 is 23.8 Å². The van der Waals surface area contributed by atoms with Crippen molar-refractivity contribution in [1.29, 1.82) is 0 Å². The Labute approximate surface area is 121 Å². The lowest BCUT2D eigenvalue weighted by Crippen LogP contribution is -2.09. The minimum absolute atomic E-state index is 0.175. The molecule has 0 aromatic heterocycles. The van der Waals surface area contributed by atoms with Crippen LogP contribution < -0.4 is 9.47 Å². The van der Waals surface area contributed by atoms with Gasteiger partial charge in [0.1, 0.15) is 11.3 Å². The maximum absolute atomic E-state index is 13.6. The predicted molar refractivity (Wildman–Crippen MR) is 75.4 cm³/mol. The Hall–Kier alpha value is -2.56. The number of carbonyl (C=O) groups is 1. The summed E-state index contributed by atoms with van der Waals surface area (Å²) in [5.74, 6) is -1.39. The number of para-hydroxylation sites is 2. The number of halogens is 1. The van der Waals surface area contributed by atoms with Crippen molar-refractivity contribution in [3.05, 3.63) is 59.9 Å². The van der Waals surface area contributed by atoms with Crippen LogP contribution >= 0.6 is 0 Å². The highest BCUT2D eigenvalue weighted by Crippen LogP contribution is 2.22. The molecule has 0 unspecified atom stereocenters. The zero-order valence-electron chi connectivity index (χ0n) is 11.3. The van der Waals surface area contributed by atoms with Gasteiger partial charge in [-0.3, -0.25) is 0 Å². The van der Waals surface area contributed by atoms with E-state index in [1.807, 2.05) is 30.3 Å². The number of ether oxygens (including phenoxy) is 2. The van der Waals surface area contributed by atoms with E-state index >= 15 is 0 Å². The molecule has 0 bridgehead atoms. The van der Waals surface area contributed by atoms with Gasteiger partial charge in [0.25, 0.3) is 0 Å². The largest absolute Gasteiger partial charge is 0.493 e. The van der Waals surface area contributed by atoms with Crippen molar-refractivity contribution in [2.24, 2.45) is 0 Å². The third-order valence-corrected chi connectivity index (χ3v) is 2.74. The van der Waals surface area contributed by atoms with Crippen molar-refractivity contribution in [2.75, 3.05) is 13.2 Å². The zero-order chi connectivity index (χ0) is 15.1. The maximum Gasteiger partial charge on any atom is 0.339 e. The number of hydrogen-bond donors (Lipinski definition) is 1. The van der Waals surface area contributed by atoms with Gasteiger partial charge in [0.15, 0.2) is 11.6 Å². The average Bonchev–Trinajstić information content (AvgIpc) is 2.49. The summed E-state index contributed by atoms with van der Waals surface area (Å²) in [4.78, 5) is 11.0. The lowest BCUT2D eigenvalue weighted by molar-refractivity contribution is 0.0691. The quantitative estimate of drug-likeness (QED) is 0.794. The minimum Gasteiger partial charge on any atom is -0.493 e. The Morgan fingerprint density at radius 3 is 2.43 bits per heavy atom. The first-order valence-electron chi connectivity index (χ1n) is 6.51. The zero-order valence-corrected chi connectivity index (χ0v) is 11.3. The van der Waals surface area contributed by atoms with Gasteiger partial charge in [-0.2, -0.15) is 0 Å². The number of rotatable bonds is 7. The summed E-state index contributed by atoms with van der Waals surface area (Å²) in [5.41, 5.74) is -0.182. The second-order valence-electron chi connectivity index (χ2n) is 4.29. The summed E-state index contributed by atoms with van der Waals surface area (Å²) >= 11 is 0. The highest BCUT2D eigenvalue weighted by molar-refractivity contribution is 5.90. The van der Waals surface area contributed by atoms with Gasteiger partial charge in [0, 0.05) is 6.42 Å². The molecule has 0 amide bonds. The summed E-state index contributed by atoms with van der Waals surface area (Å²) in [6.45, 7) is 0.578. The van der Waals surface area contributed by atoms with E-state index in [4.69, 9.17) is 14.6 Å². The SMILES string of the molecule is O=C(O)c1cccc(F)c1OCCCOc1ccccc1. The van der Waals surface area contributed by atoms with E-state index in [-0.39, 0.29) is 17.9 Å². The lowest BCUT2D eigenvalue weighted by atomic mass is 10.2. The molecule has 2 rings (SSSR count). The van der Waals surface area contributed by atoms with Crippen molar-refractivity contribution in [3.63, 3.8) is 0 Å². The predicted octanol–water partition coefficient (Wildman–Crippen LogP) is 3.37. The molecule has 110 valence electrons. The van der Waals surface area contributed by atoms with Crippen molar-refractivity contribution in [3.8, 4) is 11.5 Å². The van der Waals surface area contributed by atoms with Crippen LogP contribution in [0.5, 0.6) is 11.5 Å². The Kier molecular flexibility index (Phi) is 5.15. The summed E-state index contributed by atoms with van der Waals surface area (Å²) in [5, 5.41) is 8.97. The third kappa shape index (κ3) is 4.21. The fraction of sp³-hybridized carbons (Fsp3) is 0.188. The fourth-order valence-electron chi connectivity index (χ4n) is 1.76. The number of aromatic carboxylic acids is 1. The normalized spacial score (nSPS) is 10.1. The first-order valence-corrected chi connectivity index (χ1v) is 6.51.